The summed E-state index contributed by atoms with van der Waals surface area (Å²) in [6.07, 6.45) is 2.46. The van der Waals surface area contributed by atoms with Crippen molar-refractivity contribution in [2.24, 2.45) is 5.73 Å². The molecule has 106 valence electrons. The molecule has 3 N–H and O–H groups in total. The number of hydrogen-bond acceptors (Lipinski definition) is 6. The molecule has 1 aliphatic heterocycles. The van der Waals surface area contributed by atoms with E-state index in [2.05, 4.69) is 10.1 Å². The van der Waals surface area contributed by atoms with Crippen LogP contribution in [0.25, 0.3) is 0 Å². The molecule has 2 heterocycles. The first-order chi connectivity index (χ1) is 9.72. The quantitative estimate of drug-likeness (QED) is 0.884. The molecule has 1 fully saturated rings. The lowest BCUT2D eigenvalue weighted by Crippen LogP contribution is -2.14. The maximum atomic E-state index is 9.25. The van der Waals surface area contributed by atoms with Crippen LogP contribution in [0.4, 0.5) is 0 Å². The first-order valence-corrected chi connectivity index (χ1v) is 6.71. The number of phenolic OH excluding ortho intramolecular Hbond substituents is 1. The molecule has 20 heavy (non-hydrogen) atoms. The summed E-state index contributed by atoms with van der Waals surface area (Å²) in [4.78, 5) is 4.33. The van der Waals surface area contributed by atoms with Crippen LogP contribution in [-0.2, 0) is 11.2 Å². The van der Waals surface area contributed by atoms with Gasteiger partial charge in [-0.2, -0.15) is 4.98 Å². The summed E-state index contributed by atoms with van der Waals surface area (Å²) in [5.74, 6) is 1.24. The fourth-order valence-corrected chi connectivity index (χ4v) is 2.28. The summed E-state index contributed by atoms with van der Waals surface area (Å²) >= 11 is 0. The Morgan fingerprint density at radius 1 is 1.35 bits per heavy atom. The van der Waals surface area contributed by atoms with E-state index in [1.807, 2.05) is 12.1 Å². The van der Waals surface area contributed by atoms with Gasteiger partial charge in [0.15, 0.2) is 0 Å². The van der Waals surface area contributed by atoms with E-state index >= 15 is 0 Å². The van der Waals surface area contributed by atoms with Gasteiger partial charge < -0.3 is 20.1 Å². The van der Waals surface area contributed by atoms with Gasteiger partial charge in [-0.25, -0.2) is 0 Å². The Morgan fingerprint density at radius 3 is 2.85 bits per heavy atom. The average Bonchev–Trinajstić information content (AvgIpc) is 3.11. The fraction of sp³-hybridized carbons (Fsp3) is 0.429. The van der Waals surface area contributed by atoms with Gasteiger partial charge in [0.25, 0.3) is 0 Å². The number of aromatic hydroxyl groups is 1. The zero-order valence-corrected chi connectivity index (χ0v) is 11.0. The molecule has 0 radical (unpaired) electrons. The summed E-state index contributed by atoms with van der Waals surface area (Å²) in [7, 11) is 0. The zero-order valence-electron chi connectivity index (χ0n) is 11.0. The SMILES string of the molecule is N[C@@H](Cc1ccc(O)cc1)c1nc(C2CCCO2)no1. The van der Waals surface area contributed by atoms with Crippen molar-refractivity contribution >= 4 is 0 Å². The fourth-order valence-electron chi connectivity index (χ4n) is 2.28. The highest BCUT2D eigenvalue weighted by Crippen LogP contribution is 2.27. The van der Waals surface area contributed by atoms with Crippen LogP contribution in [0.15, 0.2) is 28.8 Å². The van der Waals surface area contributed by atoms with Gasteiger partial charge >= 0.3 is 0 Å². The molecule has 2 aromatic rings. The average molecular weight is 275 g/mol. The lowest BCUT2D eigenvalue weighted by molar-refractivity contribution is 0.103. The smallest absolute Gasteiger partial charge is 0.243 e. The van der Waals surface area contributed by atoms with Crippen LogP contribution >= 0.6 is 0 Å². The molecule has 1 aromatic carbocycles. The van der Waals surface area contributed by atoms with E-state index in [4.69, 9.17) is 15.0 Å². The molecular formula is C14H17N3O3. The minimum Gasteiger partial charge on any atom is -0.508 e. The van der Waals surface area contributed by atoms with Crippen molar-refractivity contribution in [2.45, 2.75) is 31.4 Å². The van der Waals surface area contributed by atoms with Crippen molar-refractivity contribution < 1.29 is 14.4 Å². The Bertz CT molecular complexity index is 561. The molecule has 3 rings (SSSR count). The van der Waals surface area contributed by atoms with E-state index < -0.39 is 0 Å². The summed E-state index contributed by atoms with van der Waals surface area (Å²) in [6.45, 7) is 0.744. The van der Waals surface area contributed by atoms with Crippen molar-refractivity contribution in [3.05, 3.63) is 41.5 Å². The maximum absolute atomic E-state index is 9.25. The van der Waals surface area contributed by atoms with E-state index in [9.17, 15) is 5.11 Å². The summed E-state index contributed by atoms with van der Waals surface area (Å²) in [5.41, 5.74) is 7.08. The van der Waals surface area contributed by atoms with Crippen LogP contribution in [0, 0.1) is 0 Å². The monoisotopic (exact) mass is 275 g/mol. The highest BCUT2D eigenvalue weighted by molar-refractivity contribution is 5.26. The predicted molar refractivity (Wildman–Crippen MR) is 71.0 cm³/mol. The largest absolute Gasteiger partial charge is 0.508 e. The van der Waals surface area contributed by atoms with E-state index in [-0.39, 0.29) is 17.9 Å². The second kappa shape index (κ2) is 5.60. The van der Waals surface area contributed by atoms with Crippen LogP contribution in [0.5, 0.6) is 5.75 Å². The van der Waals surface area contributed by atoms with Gasteiger partial charge in [-0.05, 0) is 37.0 Å². The van der Waals surface area contributed by atoms with Crippen molar-refractivity contribution in [1.82, 2.24) is 10.1 Å². The number of ether oxygens (including phenoxy) is 1. The van der Waals surface area contributed by atoms with Gasteiger partial charge in [-0.15, -0.1) is 0 Å². The zero-order chi connectivity index (χ0) is 13.9. The third-order valence-corrected chi connectivity index (χ3v) is 3.38. The molecule has 2 atom stereocenters. The second-order valence-electron chi connectivity index (χ2n) is 4.97. The Morgan fingerprint density at radius 2 is 2.15 bits per heavy atom. The Labute approximate surface area is 116 Å². The van der Waals surface area contributed by atoms with Crippen molar-refractivity contribution in [3.63, 3.8) is 0 Å². The first-order valence-electron chi connectivity index (χ1n) is 6.71. The molecule has 0 spiro atoms. The molecule has 0 amide bonds. The van der Waals surface area contributed by atoms with E-state index in [1.165, 1.54) is 0 Å². The molecule has 0 bridgehead atoms. The van der Waals surface area contributed by atoms with Crippen LogP contribution in [0.2, 0.25) is 0 Å². The Balaban J connectivity index is 1.67. The van der Waals surface area contributed by atoms with Crippen LogP contribution in [0.3, 0.4) is 0 Å². The van der Waals surface area contributed by atoms with Gasteiger partial charge in [0.1, 0.15) is 11.9 Å². The molecule has 0 aliphatic carbocycles. The number of nitrogens with two attached hydrogens (primary N) is 1. The number of rotatable bonds is 4. The van der Waals surface area contributed by atoms with Crippen molar-refractivity contribution in [1.29, 1.82) is 0 Å². The Hall–Kier alpha value is -1.92. The van der Waals surface area contributed by atoms with Gasteiger partial charge in [-0.1, -0.05) is 17.3 Å². The third-order valence-electron chi connectivity index (χ3n) is 3.38. The second-order valence-corrected chi connectivity index (χ2v) is 4.97. The lowest BCUT2D eigenvalue weighted by Gasteiger charge is -2.06. The van der Waals surface area contributed by atoms with E-state index in [1.54, 1.807) is 12.1 Å². The maximum Gasteiger partial charge on any atom is 0.243 e. The highest BCUT2D eigenvalue weighted by Gasteiger charge is 2.24. The van der Waals surface area contributed by atoms with Gasteiger partial charge in [0, 0.05) is 6.61 Å². The lowest BCUT2D eigenvalue weighted by atomic mass is 10.1. The molecule has 1 aromatic heterocycles. The Kier molecular flexibility index (Phi) is 3.66. The van der Waals surface area contributed by atoms with Gasteiger partial charge in [0.2, 0.25) is 11.7 Å². The topological polar surface area (TPSA) is 94.4 Å². The molecule has 0 saturated carbocycles. The first kappa shape index (κ1) is 13.1. The van der Waals surface area contributed by atoms with Crippen LogP contribution < -0.4 is 5.73 Å². The molecule has 1 unspecified atom stereocenters. The highest BCUT2D eigenvalue weighted by atomic mass is 16.5. The van der Waals surface area contributed by atoms with E-state index in [0.717, 1.165) is 25.0 Å². The van der Waals surface area contributed by atoms with Crippen molar-refractivity contribution in [2.75, 3.05) is 6.61 Å². The molecule has 1 aliphatic rings. The minimum absolute atomic E-state index is 0.0617. The van der Waals surface area contributed by atoms with E-state index in [0.29, 0.717) is 18.1 Å². The summed E-state index contributed by atoms with van der Waals surface area (Å²) in [6, 6.07) is 6.56. The number of benzene rings is 1. The molecule has 1 saturated heterocycles. The summed E-state index contributed by atoms with van der Waals surface area (Å²) in [5, 5.41) is 13.2. The summed E-state index contributed by atoms with van der Waals surface area (Å²) < 4.78 is 10.7. The molecular weight excluding hydrogens is 258 g/mol. The molecule has 6 nitrogen and oxygen atoms in total. The van der Waals surface area contributed by atoms with Gasteiger partial charge in [0.05, 0.1) is 6.04 Å². The third kappa shape index (κ3) is 2.81. The van der Waals surface area contributed by atoms with Crippen molar-refractivity contribution in [3.8, 4) is 5.75 Å². The minimum atomic E-state index is -0.359. The van der Waals surface area contributed by atoms with Crippen LogP contribution in [0.1, 0.15) is 42.3 Å². The number of nitrogens with zero attached hydrogens (tertiary/aromatic N) is 2. The standard InChI is InChI=1S/C14H17N3O3/c15-11(8-9-3-5-10(18)6-4-9)14-16-13(17-20-14)12-2-1-7-19-12/h3-6,11-12,18H,1-2,7-8,15H2/t11-,12?/m0/s1. The number of aromatic nitrogens is 2. The molecule has 6 heteroatoms. The van der Waals surface area contributed by atoms with Gasteiger partial charge in [-0.3, -0.25) is 0 Å². The van der Waals surface area contributed by atoms with Crippen LogP contribution in [-0.4, -0.2) is 21.9 Å². The normalized spacial score (nSPS) is 20.1. The number of hydrogen-bond donors (Lipinski definition) is 2. The predicted octanol–water partition coefficient (Wildman–Crippen LogP) is 1.87. The number of phenols is 1.